The van der Waals surface area contributed by atoms with Gasteiger partial charge in [-0.25, -0.2) is 13.5 Å². The van der Waals surface area contributed by atoms with Crippen molar-refractivity contribution in [1.82, 2.24) is 14.3 Å². The zero-order valence-corrected chi connectivity index (χ0v) is 19.2. The Morgan fingerprint density at radius 1 is 1.19 bits per heavy atom. The van der Waals surface area contributed by atoms with Crippen molar-refractivity contribution in [3.05, 3.63) is 46.0 Å². The zero-order valence-electron chi connectivity index (χ0n) is 18.4. The molecule has 2 heterocycles. The molecule has 32 heavy (non-hydrogen) atoms. The number of nitrogens with one attached hydrogen (secondary N) is 3. The van der Waals surface area contributed by atoms with Crippen LogP contribution < -0.4 is 15.6 Å². The van der Waals surface area contributed by atoms with Crippen molar-refractivity contribution in [2.75, 3.05) is 25.5 Å². The summed E-state index contributed by atoms with van der Waals surface area (Å²) in [7, 11) is 0.317. The summed E-state index contributed by atoms with van der Waals surface area (Å²) >= 11 is 0. The maximum Gasteiger partial charge on any atom is 0.261 e. The molecular formula is C23H31N5O3S. The van der Waals surface area contributed by atoms with Gasteiger partial charge in [0.15, 0.2) is 0 Å². The Hall–Kier alpha value is -2.52. The van der Waals surface area contributed by atoms with Crippen molar-refractivity contribution >= 4 is 23.0 Å². The lowest BCUT2D eigenvalue weighted by atomic mass is 9.95. The van der Waals surface area contributed by atoms with Gasteiger partial charge < -0.3 is 20.4 Å². The number of piperidine rings is 1. The smallest absolute Gasteiger partial charge is 0.261 e. The maximum atomic E-state index is 13.1. The number of methoxy groups -OCH3 is 1. The van der Waals surface area contributed by atoms with E-state index in [1.54, 1.807) is 7.11 Å². The maximum absolute atomic E-state index is 13.1. The van der Waals surface area contributed by atoms with Gasteiger partial charge in [-0.2, -0.15) is 0 Å². The monoisotopic (exact) mass is 457 g/mol. The summed E-state index contributed by atoms with van der Waals surface area (Å²) in [5.41, 5.74) is -0.0227. The minimum atomic E-state index is -1.29. The number of aromatic nitrogens is 2. The summed E-state index contributed by atoms with van der Waals surface area (Å²) in [6.45, 7) is 1.28. The number of hydrogen-bond acceptors (Lipinski definition) is 6. The third-order valence-corrected chi connectivity index (χ3v) is 7.81. The van der Waals surface area contributed by atoms with Crippen LogP contribution in [0.4, 0.5) is 5.82 Å². The predicted molar refractivity (Wildman–Crippen MR) is 126 cm³/mol. The van der Waals surface area contributed by atoms with Gasteiger partial charge in [0.1, 0.15) is 28.4 Å². The summed E-state index contributed by atoms with van der Waals surface area (Å²) < 4.78 is 20.3. The van der Waals surface area contributed by atoms with E-state index >= 15 is 0 Å². The largest absolute Gasteiger partial charge is 0.497 e. The second-order valence-corrected chi connectivity index (χ2v) is 9.97. The number of benzene rings is 1. The lowest BCUT2D eigenvalue weighted by molar-refractivity contribution is 0.322. The Morgan fingerprint density at radius 2 is 1.94 bits per heavy atom. The molecule has 2 aliphatic rings. The van der Waals surface area contributed by atoms with E-state index < -0.39 is 11.0 Å². The molecule has 2 aromatic rings. The first-order valence-corrected chi connectivity index (χ1v) is 12.4. The van der Waals surface area contributed by atoms with Crippen molar-refractivity contribution in [2.24, 2.45) is 0 Å². The van der Waals surface area contributed by atoms with Crippen molar-refractivity contribution in [3.63, 3.8) is 0 Å². The summed E-state index contributed by atoms with van der Waals surface area (Å²) in [5.74, 6) is 1.81. The normalized spacial score (nSPS) is 21.1. The molecule has 0 bridgehead atoms. The lowest BCUT2D eigenvalue weighted by Gasteiger charge is -2.31. The highest BCUT2D eigenvalue weighted by Gasteiger charge is 2.28. The SMILES string of the molecule is COc1ccc(S(=O)N2CCCC(c3nc(NC4CCCCC4)c(C=N)c(=O)[nH]3)C2)cc1. The number of anilines is 1. The molecule has 1 aromatic heterocycles. The van der Waals surface area contributed by atoms with Crippen LogP contribution in [0.15, 0.2) is 34.0 Å². The Bertz CT molecular complexity index is 1020. The molecule has 3 N–H and O–H groups in total. The second kappa shape index (κ2) is 10.4. The summed E-state index contributed by atoms with van der Waals surface area (Å²) in [5, 5.41) is 11.1. The van der Waals surface area contributed by atoms with E-state index in [4.69, 9.17) is 15.1 Å². The van der Waals surface area contributed by atoms with Crippen LogP contribution in [0.25, 0.3) is 0 Å². The number of rotatable bonds is 7. The number of H-pyrrole nitrogens is 1. The van der Waals surface area contributed by atoms with E-state index in [1.807, 2.05) is 28.6 Å². The first-order chi connectivity index (χ1) is 15.6. The molecule has 4 rings (SSSR count). The van der Waals surface area contributed by atoms with Gasteiger partial charge in [-0.1, -0.05) is 19.3 Å². The summed E-state index contributed by atoms with van der Waals surface area (Å²) in [6.07, 6.45) is 8.50. The van der Waals surface area contributed by atoms with E-state index in [0.29, 0.717) is 18.2 Å². The lowest BCUT2D eigenvalue weighted by Crippen LogP contribution is -2.37. The van der Waals surface area contributed by atoms with Gasteiger partial charge in [0, 0.05) is 31.3 Å². The minimum absolute atomic E-state index is 0.0228. The number of ether oxygens (including phenoxy) is 1. The summed E-state index contributed by atoms with van der Waals surface area (Å²) in [4.78, 5) is 21.1. The first-order valence-electron chi connectivity index (χ1n) is 11.3. The molecule has 1 saturated heterocycles. The number of aromatic amines is 1. The van der Waals surface area contributed by atoms with Crippen LogP contribution in [-0.2, 0) is 11.0 Å². The highest BCUT2D eigenvalue weighted by Crippen LogP contribution is 2.29. The van der Waals surface area contributed by atoms with Gasteiger partial charge in [-0.05, 0) is 49.9 Å². The quantitative estimate of drug-likeness (QED) is 0.552. The highest BCUT2D eigenvalue weighted by molar-refractivity contribution is 7.82. The molecule has 0 amide bonds. The fraction of sp³-hybridized carbons (Fsp3) is 0.522. The Balaban J connectivity index is 1.53. The molecule has 1 aliphatic carbocycles. The van der Waals surface area contributed by atoms with E-state index in [9.17, 15) is 9.00 Å². The van der Waals surface area contributed by atoms with Crippen LogP contribution in [0, 0.1) is 5.41 Å². The van der Waals surface area contributed by atoms with Gasteiger partial charge in [0.25, 0.3) is 5.56 Å². The van der Waals surface area contributed by atoms with Crippen LogP contribution in [0.5, 0.6) is 5.75 Å². The van der Waals surface area contributed by atoms with Gasteiger partial charge in [-0.15, -0.1) is 0 Å². The molecule has 0 spiro atoms. The molecule has 2 atom stereocenters. The minimum Gasteiger partial charge on any atom is -0.497 e. The molecule has 1 aromatic carbocycles. The molecular weight excluding hydrogens is 426 g/mol. The third-order valence-electron chi connectivity index (χ3n) is 6.33. The van der Waals surface area contributed by atoms with Crippen molar-refractivity contribution in [2.45, 2.75) is 61.8 Å². The molecule has 2 unspecified atom stereocenters. The van der Waals surface area contributed by atoms with E-state index in [0.717, 1.165) is 49.1 Å². The Kier molecular flexibility index (Phi) is 7.36. The Morgan fingerprint density at radius 3 is 2.62 bits per heavy atom. The van der Waals surface area contributed by atoms with Gasteiger partial charge in [0.2, 0.25) is 0 Å². The van der Waals surface area contributed by atoms with Crippen LogP contribution >= 0.6 is 0 Å². The standard InChI is InChI=1S/C23H31N5O3S/c1-31-18-9-11-19(12-10-18)32(30)28-13-5-6-16(15-28)21-26-22(20(14-24)23(29)27-21)25-17-7-3-2-4-8-17/h9-12,14,16-17,24H,2-8,13,15H2,1H3,(H2,25,26,27,29). The van der Waals surface area contributed by atoms with E-state index in [1.165, 1.54) is 19.3 Å². The van der Waals surface area contributed by atoms with Crippen molar-refractivity contribution < 1.29 is 8.95 Å². The van der Waals surface area contributed by atoms with Crippen LogP contribution in [-0.4, -0.2) is 50.9 Å². The molecule has 9 heteroatoms. The van der Waals surface area contributed by atoms with Gasteiger partial charge in [-0.3, -0.25) is 4.79 Å². The average Bonchev–Trinajstić information content (AvgIpc) is 2.84. The zero-order chi connectivity index (χ0) is 22.5. The topological polar surface area (TPSA) is 111 Å². The molecule has 1 saturated carbocycles. The second-order valence-electron chi connectivity index (χ2n) is 8.49. The fourth-order valence-corrected chi connectivity index (χ4v) is 5.81. The van der Waals surface area contributed by atoms with Crippen molar-refractivity contribution in [3.8, 4) is 5.75 Å². The van der Waals surface area contributed by atoms with Crippen LogP contribution in [0.3, 0.4) is 0 Å². The molecule has 0 radical (unpaired) electrons. The van der Waals surface area contributed by atoms with E-state index in [-0.39, 0.29) is 23.1 Å². The predicted octanol–water partition coefficient (Wildman–Crippen LogP) is 3.42. The van der Waals surface area contributed by atoms with Gasteiger partial charge in [0.05, 0.1) is 17.6 Å². The number of nitrogens with zero attached hydrogens (tertiary/aromatic N) is 2. The molecule has 172 valence electrons. The molecule has 8 nitrogen and oxygen atoms in total. The van der Waals surface area contributed by atoms with Gasteiger partial charge >= 0.3 is 0 Å². The van der Waals surface area contributed by atoms with Crippen LogP contribution in [0.2, 0.25) is 0 Å². The van der Waals surface area contributed by atoms with Crippen molar-refractivity contribution in [1.29, 1.82) is 5.41 Å². The number of hydrogen-bond donors (Lipinski definition) is 3. The molecule has 2 fully saturated rings. The van der Waals surface area contributed by atoms with E-state index in [2.05, 4.69) is 10.3 Å². The average molecular weight is 458 g/mol. The van der Waals surface area contributed by atoms with Crippen LogP contribution in [0.1, 0.15) is 62.3 Å². The fourth-order valence-electron chi connectivity index (χ4n) is 4.53. The first kappa shape index (κ1) is 22.7. The third kappa shape index (κ3) is 5.10. The highest BCUT2D eigenvalue weighted by atomic mass is 32.2. The summed E-state index contributed by atoms with van der Waals surface area (Å²) in [6, 6.07) is 7.56. The Labute approximate surface area is 190 Å². The molecule has 1 aliphatic heterocycles.